The second-order valence-electron chi connectivity index (χ2n) is 3.90. The molecule has 0 bridgehead atoms. The van der Waals surface area contributed by atoms with Crippen LogP contribution in [0.3, 0.4) is 0 Å². The summed E-state index contributed by atoms with van der Waals surface area (Å²) >= 11 is 0. The van der Waals surface area contributed by atoms with Crippen molar-refractivity contribution < 1.29 is 22.3 Å². The Kier molecular flexibility index (Phi) is 3.25. The van der Waals surface area contributed by atoms with Gasteiger partial charge >= 0.3 is 6.18 Å². The predicted octanol–water partition coefficient (Wildman–Crippen LogP) is 2.72. The van der Waals surface area contributed by atoms with Crippen LogP contribution >= 0.6 is 0 Å². The van der Waals surface area contributed by atoms with Crippen molar-refractivity contribution >= 4 is 10.9 Å². The average molecular weight is 275 g/mol. The number of alkyl halides is 3. The highest BCUT2D eigenvalue weighted by Crippen LogP contribution is 2.26. The smallest absolute Gasteiger partial charge is 0.422 e. The number of aromatic nitrogens is 3. The van der Waals surface area contributed by atoms with Gasteiger partial charge in [-0.1, -0.05) is 0 Å². The van der Waals surface area contributed by atoms with Crippen LogP contribution in [0.1, 0.15) is 11.5 Å². The first-order valence-corrected chi connectivity index (χ1v) is 5.27. The number of ether oxygens (including phenoxy) is 1. The van der Waals surface area contributed by atoms with Gasteiger partial charge in [-0.2, -0.15) is 18.2 Å². The Morgan fingerprint density at radius 2 is 1.89 bits per heavy atom. The Balaban J connectivity index is 2.52. The van der Waals surface area contributed by atoms with E-state index in [0.29, 0.717) is 0 Å². The molecule has 0 N–H and O–H groups in total. The molecular weight excluding hydrogens is 266 g/mol. The van der Waals surface area contributed by atoms with E-state index in [1.807, 2.05) is 0 Å². The maximum atomic E-state index is 13.8. The minimum atomic E-state index is -4.50. The molecule has 0 amide bonds. The predicted molar refractivity (Wildman–Crippen MR) is 58.3 cm³/mol. The van der Waals surface area contributed by atoms with Crippen LogP contribution in [0.25, 0.3) is 10.9 Å². The molecule has 0 aliphatic heterocycles. The zero-order valence-corrected chi connectivity index (χ0v) is 10.0. The number of halogens is 4. The topological polar surface area (TPSA) is 47.9 Å². The minimum Gasteiger partial charge on any atom is -0.467 e. The van der Waals surface area contributed by atoms with Gasteiger partial charge in [-0.05, 0) is 13.8 Å². The SMILES string of the molecule is Cc1nc(OCC(F)(F)F)c2cnc(C)c(F)c2n1. The molecule has 4 nitrogen and oxygen atoms in total. The van der Waals surface area contributed by atoms with Crippen LogP contribution in [-0.2, 0) is 0 Å². The van der Waals surface area contributed by atoms with Crippen LogP contribution in [0.2, 0.25) is 0 Å². The van der Waals surface area contributed by atoms with Crippen LogP contribution < -0.4 is 4.74 Å². The average Bonchev–Trinajstić information content (AvgIpc) is 2.30. The summed E-state index contributed by atoms with van der Waals surface area (Å²) < 4.78 is 54.8. The van der Waals surface area contributed by atoms with Gasteiger partial charge in [-0.15, -0.1) is 0 Å². The van der Waals surface area contributed by atoms with E-state index in [4.69, 9.17) is 0 Å². The Hall–Kier alpha value is -1.99. The summed E-state index contributed by atoms with van der Waals surface area (Å²) in [6.45, 7) is 1.37. The molecule has 2 aromatic rings. The maximum Gasteiger partial charge on any atom is 0.422 e. The molecule has 102 valence electrons. The molecule has 2 aromatic heterocycles. The van der Waals surface area contributed by atoms with E-state index in [1.165, 1.54) is 20.0 Å². The van der Waals surface area contributed by atoms with Gasteiger partial charge in [-0.25, -0.2) is 9.37 Å². The Labute approximate surface area is 105 Å². The lowest BCUT2D eigenvalue weighted by Crippen LogP contribution is -2.20. The van der Waals surface area contributed by atoms with Crippen molar-refractivity contribution in [1.29, 1.82) is 0 Å². The molecule has 2 rings (SSSR count). The minimum absolute atomic E-state index is 0.0120. The highest BCUT2D eigenvalue weighted by atomic mass is 19.4. The fourth-order valence-electron chi connectivity index (χ4n) is 1.49. The maximum absolute atomic E-state index is 13.8. The third kappa shape index (κ3) is 2.88. The van der Waals surface area contributed by atoms with E-state index in [0.717, 1.165) is 0 Å². The fraction of sp³-hybridized carbons (Fsp3) is 0.364. The first-order valence-electron chi connectivity index (χ1n) is 5.27. The van der Waals surface area contributed by atoms with Gasteiger partial charge in [0.05, 0.1) is 11.1 Å². The highest BCUT2D eigenvalue weighted by Gasteiger charge is 2.29. The Morgan fingerprint density at radius 1 is 1.21 bits per heavy atom. The summed E-state index contributed by atoms with van der Waals surface area (Å²) in [5, 5.41) is 0.0120. The van der Waals surface area contributed by atoms with Gasteiger partial charge in [0.15, 0.2) is 12.4 Å². The van der Waals surface area contributed by atoms with Crippen LogP contribution in [0, 0.1) is 19.7 Å². The molecule has 0 spiro atoms. The molecule has 0 radical (unpaired) electrons. The number of fused-ring (bicyclic) bond motifs is 1. The van der Waals surface area contributed by atoms with Crippen LogP contribution in [-0.4, -0.2) is 27.7 Å². The molecule has 0 saturated carbocycles. The Morgan fingerprint density at radius 3 is 2.53 bits per heavy atom. The van der Waals surface area contributed by atoms with Gasteiger partial charge in [-0.3, -0.25) is 4.98 Å². The van der Waals surface area contributed by atoms with Gasteiger partial charge in [0.2, 0.25) is 5.88 Å². The van der Waals surface area contributed by atoms with E-state index in [9.17, 15) is 17.6 Å². The summed E-state index contributed by atoms with van der Waals surface area (Å²) in [5.74, 6) is -0.903. The van der Waals surface area contributed by atoms with E-state index in [1.54, 1.807) is 0 Å². The molecule has 19 heavy (non-hydrogen) atoms. The molecule has 0 fully saturated rings. The van der Waals surface area contributed by atoms with Crippen molar-refractivity contribution in [2.24, 2.45) is 0 Å². The molecule has 8 heteroatoms. The molecule has 0 aliphatic rings. The fourth-order valence-corrected chi connectivity index (χ4v) is 1.49. The summed E-state index contributed by atoms with van der Waals surface area (Å²) in [6.07, 6.45) is -3.30. The van der Waals surface area contributed by atoms with E-state index >= 15 is 0 Å². The number of nitrogens with zero attached hydrogens (tertiary/aromatic N) is 3. The highest BCUT2D eigenvalue weighted by molar-refractivity contribution is 5.83. The van der Waals surface area contributed by atoms with Gasteiger partial charge in [0, 0.05) is 6.20 Å². The second-order valence-corrected chi connectivity index (χ2v) is 3.90. The van der Waals surface area contributed by atoms with E-state index in [2.05, 4.69) is 19.7 Å². The van der Waals surface area contributed by atoms with Gasteiger partial charge in [0.25, 0.3) is 0 Å². The molecule has 0 aliphatic carbocycles. The van der Waals surface area contributed by atoms with Crippen molar-refractivity contribution in [3.8, 4) is 5.88 Å². The molecule has 0 aromatic carbocycles. The number of hydrogen-bond acceptors (Lipinski definition) is 4. The standard InChI is InChI=1S/C11H9F4N3O/c1-5-8(12)9-7(3-16-5)10(18-6(2)17-9)19-4-11(13,14)15/h3H,4H2,1-2H3. The quantitative estimate of drug-likeness (QED) is 0.791. The van der Waals surface area contributed by atoms with Crippen LogP contribution in [0.15, 0.2) is 6.20 Å². The first-order chi connectivity index (χ1) is 8.78. The van der Waals surface area contributed by atoms with Crippen LogP contribution in [0.5, 0.6) is 5.88 Å². The molecule has 2 heterocycles. The molecular formula is C11H9F4N3O. The van der Waals surface area contributed by atoms with E-state index in [-0.39, 0.29) is 28.3 Å². The van der Waals surface area contributed by atoms with E-state index < -0.39 is 18.6 Å². The van der Waals surface area contributed by atoms with Crippen molar-refractivity contribution in [3.63, 3.8) is 0 Å². The molecule has 0 atom stereocenters. The summed E-state index contributed by atoms with van der Waals surface area (Å²) in [4.78, 5) is 11.3. The van der Waals surface area contributed by atoms with Crippen molar-refractivity contribution in [2.75, 3.05) is 6.61 Å². The van der Waals surface area contributed by atoms with Crippen LogP contribution in [0.4, 0.5) is 17.6 Å². The molecule has 0 unspecified atom stereocenters. The third-order valence-electron chi connectivity index (χ3n) is 2.31. The number of rotatable bonds is 2. The third-order valence-corrected chi connectivity index (χ3v) is 2.31. The number of pyridine rings is 1. The zero-order valence-electron chi connectivity index (χ0n) is 10.0. The number of aryl methyl sites for hydroxylation is 2. The lowest BCUT2D eigenvalue weighted by molar-refractivity contribution is -0.153. The van der Waals surface area contributed by atoms with Crippen molar-refractivity contribution in [3.05, 3.63) is 23.5 Å². The first kappa shape index (κ1) is 13.4. The number of hydrogen-bond donors (Lipinski definition) is 0. The lowest BCUT2D eigenvalue weighted by atomic mass is 10.2. The summed E-state index contributed by atoms with van der Waals surface area (Å²) in [5.41, 5.74) is 0.00421. The largest absolute Gasteiger partial charge is 0.467 e. The summed E-state index contributed by atoms with van der Waals surface area (Å²) in [6, 6.07) is 0. The monoisotopic (exact) mass is 275 g/mol. The normalized spacial score (nSPS) is 11.9. The summed E-state index contributed by atoms with van der Waals surface area (Å²) in [7, 11) is 0. The van der Waals surface area contributed by atoms with Crippen molar-refractivity contribution in [1.82, 2.24) is 15.0 Å². The Bertz CT molecular complexity index is 627. The van der Waals surface area contributed by atoms with Gasteiger partial charge < -0.3 is 4.74 Å². The van der Waals surface area contributed by atoms with Gasteiger partial charge in [0.1, 0.15) is 11.3 Å². The lowest BCUT2D eigenvalue weighted by Gasteiger charge is -2.11. The van der Waals surface area contributed by atoms with Crippen molar-refractivity contribution in [2.45, 2.75) is 20.0 Å². The molecule has 0 saturated heterocycles. The zero-order chi connectivity index (χ0) is 14.2. The second kappa shape index (κ2) is 4.60.